The van der Waals surface area contributed by atoms with Gasteiger partial charge in [0.2, 0.25) is 0 Å². The summed E-state index contributed by atoms with van der Waals surface area (Å²) in [5, 5.41) is 5.44. The highest BCUT2D eigenvalue weighted by Gasteiger charge is 2.33. The van der Waals surface area contributed by atoms with Crippen molar-refractivity contribution in [1.82, 2.24) is 10.2 Å². The normalized spacial score (nSPS) is 16.5. The Labute approximate surface area is 198 Å². The lowest BCUT2D eigenvalue weighted by atomic mass is 9.95. The maximum Gasteiger partial charge on any atom is 0.337 e. The molecule has 170 valence electrons. The van der Waals surface area contributed by atoms with Gasteiger partial charge in [-0.1, -0.05) is 42.5 Å². The van der Waals surface area contributed by atoms with Gasteiger partial charge in [-0.15, -0.1) is 0 Å². The molecule has 1 aliphatic heterocycles. The van der Waals surface area contributed by atoms with E-state index < -0.39 is 22.0 Å². The lowest BCUT2D eigenvalue weighted by Crippen LogP contribution is -2.46. The molecule has 0 saturated heterocycles. The van der Waals surface area contributed by atoms with Gasteiger partial charge in [-0.05, 0) is 59.7 Å². The van der Waals surface area contributed by atoms with Crippen molar-refractivity contribution in [3.8, 4) is 0 Å². The first-order valence-electron chi connectivity index (χ1n) is 10.2. The lowest BCUT2D eigenvalue weighted by molar-refractivity contribution is -0.136. The van der Waals surface area contributed by atoms with Gasteiger partial charge in [0, 0.05) is 18.4 Å². The first kappa shape index (κ1) is 22.8. The molecule has 0 amide bonds. The fraction of sp³-hybridized carbons (Fsp3) is 0.167. The monoisotopic (exact) mass is 481 g/mol. The molecule has 0 spiro atoms. The number of hydrogen-bond acceptors (Lipinski definition) is 5. The van der Waals surface area contributed by atoms with Crippen LogP contribution in [0.2, 0.25) is 0 Å². The Bertz CT molecular complexity index is 1380. The van der Waals surface area contributed by atoms with E-state index in [1.807, 2.05) is 24.3 Å². The number of allylic oxidation sites excluding steroid dienone is 1. The van der Waals surface area contributed by atoms with E-state index in [0.717, 1.165) is 16.3 Å². The molecule has 0 fully saturated rings. The molecule has 0 saturated carbocycles. The van der Waals surface area contributed by atoms with Crippen molar-refractivity contribution >= 4 is 49.8 Å². The van der Waals surface area contributed by atoms with Crippen LogP contribution < -0.4 is 10.0 Å². The summed E-state index contributed by atoms with van der Waals surface area (Å²) in [6, 6.07) is 18.9. The van der Waals surface area contributed by atoms with E-state index in [1.54, 1.807) is 61.3 Å². The maximum atomic E-state index is 12.9. The molecule has 1 atom stereocenters. The summed E-state index contributed by atoms with van der Waals surface area (Å²) in [5.41, 5.74) is 2.29. The molecule has 3 aromatic rings. The number of carbonyl (C=O) groups is 1. The van der Waals surface area contributed by atoms with Crippen LogP contribution in [0, 0.1) is 0 Å². The molecule has 0 aliphatic carbocycles. The second-order valence-electron chi connectivity index (χ2n) is 7.67. The molecular weight excluding hydrogens is 458 g/mol. The van der Waals surface area contributed by atoms with Gasteiger partial charge >= 0.3 is 5.97 Å². The Morgan fingerprint density at radius 2 is 1.73 bits per heavy atom. The number of sulfonamides is 1. The molecule has 0 aromatic heterocycles. The van der Waals surface area contributed by atoms with Crippen molar-refractivity contribution < 1.29 is 17.9 Å². The Kier molecular flexibility index (Phi) is 6.09. The van der Waals surface area contributed by atoms with Crippen LogP contribution in [0.4, 0.5) is 5.69 Å². The average Bonchev–Trinajstić information content (AvgIpc) is 2.82. The Hall–Kier alpha value is -3.43. The first-order valence-corrected chi connectivity index (χ1v) is 12.1. The minimum atomic E-state index is -3.77. The summed E-state index contributed by atoms with van der Waals surface area (Å²) in [6.45, 7) is 1.80. The number of thiocarbonyl (C=S) groups is 1. The van der Waals surface area contributed by atoms with Crippen molar-refractivity contribution in [1.29, 1.82) is 0 Å². The van der Waals surface area contributed by atoms with Gasteiger partial charge in [0.1, 0.15) is 0 Å². The van der Waals surface area contributed by atoms with Gasteiger partial charge in [0.05, 0.1) is 23.6 Å². The number of nitrogens with zero attached hydrogens (tertiary/aromatic N) is 1. The molecule has 0 radical (unpaired) electrons. The highest BCUT2D eigenvalue weighted by molar-refractivity contribution is 7.92. The third kappa shape index (κ3) is 4.42. The smallest absolute Gasteiger partial charge is 0.337 e. The van der Waals surface area contributed by atoms with Crippen LogP contribution in [0.15, 0.2) is 82.9 Å². The minimum Gasteiger partial charge on any atom is -0.466 e. The van der Waals surface area contributed by atoms with Crippen LogP contribution in [-0.4, -0.2) is 38.6 Å². The number of hydrogen-bond donors (Lipinski definition) is 2. The second-order valence-corrected chi connectivity index (χ2v) is 9.74. The molecule has 2 N–H and O–H groups in total. The maximum absolute atomic E-state index is 12.9. The molecular formula is C24H23N3O4S2. The SMILES string of the molecule is COC(=O)C1=C(C)N(C)C(=S)NC1c1ccc(NS(=O)(=O)c2ccc3ccccc3c2)cc1. The largest absolute Gasteiger partial charge is 0.466 e. The van der Waals surface area contributed by atoms with E-state index in [4.69, 9.17) is 17.0 Å². The number of anilines is 1. The number of fused-ring (bicyclic) bond motifs is 1. The lowest BCUT2D eigenvalue weighted by Gasteiger charge is -2.35. The number of rotatable bonds is 5. The molecule has 7 nitrogen and oxygen atoms in total. The van der Waals surface area contributed by atoms with Gasteiger partial charge in [0.15, 0.2) is 5.11 Å². The summed E-state index contributed by atoms with van der Waals surface area (Å²) >= 11 is 5.38. The van der Waals surface area contributed by atoms with E-state index in [-0.39, 0.29) is 4.90 Å². The zero-order valence-electron chi connectivity index (χ0n) is 18.3. The number of ether oxygens (including phenoxy) is 1. The number of benzene rings is 3. The third-order valence-corrected chi connectivity index (χ3v) is 7.46. The zero-order chi connectivity index (χ0) is 23.8. The molecule has 1 unspecified atom stereocenters. The highest BCUT2D eigenvalue weighted by Crippen LogP contribution is 2.31. The van der Waals surface area contributed by atoms with E-state index in [0.29, 0.717) is 22.1 Å². The summed E-state index contributed by atoms with van der Waals surface area (Å²) in [7, 11) is -0.669. The molecule has 3 aromatic carbocycles. The van der Waals surface area contributed by atoms with Gasteiger partial charge in [-0.3, -0.25) is 4.72 Å². The molecule has 4 rings (SSSR count). The van der Waals surface area contributed by atoms with Crippen LogP contribution in [0.25, 0.3) is 10.8 Å². The summed E-state index contributed by atoms with van der Waals surface area (Å²) in [5.74, 6) is -0.458. The van der Waals surface area contributed by atoms with Gasteiger partial charge in [-0.2, -0.15) is 0 Å². The highest BCUT2D eigenvalue weighted by atomic mass is 32.2. The van der Waals surface area contributed by atoms with Gasteiger partial charge in [0.25, 0.3) is 10.0 Å². The quantitative estimate of drug-likeness (QED) is 0.421. The molecule has 1 aliphatic rings. The number of methoxy groups -OCH3 is 1. The standard InChI is InChI=1S/C24H23N3O4S2/c1-15-21(23(28)31-3)22(25-24(32)27(15)2)17-8-11-19(12-9-17)26-33(29,30)20-13-10-16-6-4-5-7-18(16)14-20/h4-14,22,26H,1-3H3,(H,25,32). The number of esters is 1. The van der Waals surface area contributed by atoms with Crippen LogP contribution in [0.5, 0.6) is 0 Å². The Morgan fingerprint density at radius 3 is 2.39 bits per heavy atom. The van der Waals surface area contributed by atoms with Gasteiger partial charge in [-0.25, -0.2) is 13.2 Å². The van der Waals surface area contributed by atoms with E-state index >= 15 is 0 Å². The minimum absolute atomic E-state index is 0.180. The van der Waals surface area contributed by atoms with Crippen molar-refractivity contribution in [2.75, 3.05) is 18.9 Å². The third-order valence-electron chi connectivity index (χ3n) is 5.69. The Balaban J connectivity index is 1.61. The number of nitrogens with one attached hydrogen (secondary N) is 2. The summed E-state index contributed by atoms with van der Waals surface area (Å²) in [6.07, 6.45) is 0. The van der Waals surface area contributed by atoms with Crippen LogP contribution in [0.1, 0.15) is 18.5 Å². The predicted octanol–water partition coefficient (Wildman–Crippen LogP) is 3.95. The van der Waals surface area contributed by atoms with E-state index in [9.17, 15) is 13.2 Å². The van der Waals surface area contributed by atoms with E-state index in [2.05, 4.69) is 10.0 Å². The zero-order valence-corrected chi connectivity index (χ0v) is 20.0. The summed E-state index contributed by atoms with van der Waals surface area (Å²) in [4.78, 5) is 14.3. The second kappa shape index (κ2) is 8.84. The van der Waals surface area contributed by atoms with Crippen LogP contribution >= 0.6 is 12.2 Å². The predicted molar refractivity (Wildman–Crippen MR) is 132 cm³/mol. The van der Waals surface area contributed by atoms with Crippen LogP contribution in [0.3, 0.4) is 0 Å². The molecule has 1 heterocycles. The van der Waals surface area contributed by atoms with Crippen molar-refractivity contribution in [2.24, 2.45) is 0 Å². The first-order chi connectivity index (χ1) is 15.7. The average molecular weight is 482 g/mol. The number of carbonyl (C=O) groups excluding carboxylic acids is 1. The van der Waals surface area contributed by atoms with Crippen molar-refractivity contribution in [3.05, 3.63) is 83.6 Å². The van der Waals surface area contributed by atoms with Crippen molar-refractivity contribution in [2.45, 2.75) is 17.9 Å². The molecule has 9 heteroatoms. The van der Waals surface area contributed by atoms with E-state index in [1.165, 1.54) is 7.11 Å². The molecule has 0 bridgehead atoms. The van der Waals surface area contributed by atoms with Gasteiger partial charge < -0.3 is 15.0 Å². The fourth-order valence-electron chi connectivity index (χ4n) is 3.75. The fourth-order valence-corrected chi connectivity index (χ4v) is 5.10. The molecule has 33 heavy (non-hydrogen) atoms. The van der Waals surface area contributed by atoms with Crippen LogP contribution in [-0.2, 0) is 19.6 Å². The van der Waals surface area contributed by atoms with Crippen molar-refractivity contribution in [3.63, 3.8) is 0 Å². The Morgan fingerprint density at radius 1 is 1.06 bits per heavy atom. The summed E-state index contributed by atoms with van der Waals surface area (Å²) < 4.78 is 33.4. The topological polar surface area (TPSA) is 87.7 Å².